The van der Waals surface area contributed by atoms with Crippen molar-refractivity contribution in [1.82, 2.24) is 5.32 Å². The number of rotatable bonds is 5. The summed E-state index contributed by atoms with van der Waals surface area (Å²) in [5.41, 5.74) is 0. The van der Waals surface area contributed by atoms with Crippen molar-refractivity contribution in [3.8, 4) is 6.07 Å². The number of carbonyl (C=O) groups excluding carboxylic acids is 2. The number of carbonyl (C=O) groups is 2. The molecule has 0 aromatic heterocycles. The molecule has 6 nitrogen and oxygen atoms in total. The highest BCUT2D eigenvalue weighted by atomic mass is 16.5. The van der Waals surface area contributed by atoms with Crippen LogP contribution in [0.3, 0.4) is 0 Å². The Kier molecular flexibility index (Phi) is 5.59. The molecular weight excluding hydrogens is 236 g/mol. The lowest BCUT2D eigenvalue weighted by atomic mass is 10.0. The summed E-state index contributed by atoms with van der Waals surface area (Å²) in [6.45, 7) is 2.25. The molecule has 1 aliphatic heterocycles. The van der Waals surface area contributed by atoms with Crippen LogP contribution >= 0.6 is 0 Å². The quantitative estimate of drug-likeness (QED) is 0.716. The van der Waals surface area contributed by atoms with Crippen LogP contribution in [0.15, 0.2) is 0 Å². The van der Waals surface area contributed by atoms with E-state index in [9.17, 15) is 9.59 Å². The van der Waals surface area contributed by atoms with Crippen LogP contribution < -0.4 is 5.32 Å². The zero-order valence-electron chi connectivity index (χ0n) is 10.6. The van der Waals surface area contributed by atoms with Gasteiger partial charge in [0.15, 0.2) is 0 Å². The monoisotopic (exact) mass is 254 g/mol. The molecule has 0 aromatic rings. The van der Waals surface area contributed by atoms with Gasteiger partial charge in [0.1, 0.15) is 12.1 Å². The second kappa shape index (κ2) is 6.97. The molecule has 100 valence electrons. The maximum Gasteiger partial charge on any atom is 0.328 e. The van der Waals surface area contributed by atoms with Gasteiger partial charge in [0.05, 0.1) is 13.2 Å². The molecule has 18 heavy (non-hydrogen) atoms. The molecule has 1 fully saturated rings. The van der Waals surface area contributed by atoms with E-state index in [-0.39, 0.29) is 18.2 Å². The SMILES string of the molecule is COC(=O)[C@@H](C[C@@H](C)C#N)NC(=O)[C@H]1CCCO1. The minimum atomic E-state index is -0.790. The van der Waals surface area contributed by atoms with Crippen molar-refractivity contribution in [2.45, 2.75) is 38.3 Å². The molecule has 1 N–H and O–H groups in total. The average Bonchev–Trinajstić information content (AvgIpc) is 2.90. The topological polar surface area (TPSA) is 88.4 Å². The lowest BCUT2D eigenvalue weighted by Gasteiger charge is -2.19. The lowest BCUT2D eigenvalue weighted by Crippen LogP contribution is -2.46. The second-order valence-electron chi connectivity index (χ2n) is 4.35. The van der Waals surface area contributed by atoms with Crippen molar-refractivity contribution in [2.75, 3.05) is 13.7 Å². The molecule has 0 unspecified atom stereocenters. The first-order chi connectivity index (χ1) is 8.58. The minimum absolute atomic E-state index is 0.238. The highest BCUT2D eigenvalue weighted by molar-refractivity contribution is 5.87. The number of nitrogens with one attached hydrogen (secondary N) is 1. The van der Waals surface area contributed by atoms with Gasteiger partial charge in [0.25, 0.3) is 0 Å². The van der Waals surface area contributed by atoms with Gasteiger partial charge in [-0.05, 0) is 26.2 Å². The largest absolute Gasteiger partial charge is 0.467 e. The summed E-state index contributed by atoms with van der Waals surface area (Å²) >= 11 is 0. The van der Waals surface area contributed by atoms with Crippen molar-refractivity contribution in [3.63, 3.8) is 0 Å². The number of nitriles is 1. The van der Waals surface area contributed by atoms with E-state index in [1.807, 2.05) is 6.07 Å². The third kappa shape index (κ3) is 4.00. The molecule has 0 saturated carbocycles. The summed E-state index contributed by atoms with van der Waals surface area (Å²) in [7, 11) is 1.25. The second-order valence-corrected chi connectivity index (χ2v) is 4.35. The number of hydrogen-bond donors (Lipinski definition) is 1. The van der Waals surface area contributed by atoms with Crippen molar-refractivity contribution in [3.05, 3.63) is 0 Å². The third-order valence-corrected chi connectivity index (χ3v) is 2.83. The van der Waals surface area contributed by atoms with E-state index in [1.165, 1.54) is 7.11 Å². The summed E-state index contributed by atoms with van der Waals surface area (Å²) in [4.78, 5) is 23.3. The van der Waals surface area contributed by atoms with Crippen LogP contribution in [-0.4, -0.2) is 37.7 Å². The van der Waals surface area contributed by atoms with Gasteiger partial charge in [0, 0.05) is 12.5 Å². The van der Waals surface area contributed by atoms with Gasteiger partial charge in [-0.1, -0.05) is 0 Å². The first kappa shape index (κ1) is 14.5. The van der Waals surface area contributed by atoms with Gasteiger partial charge < -0.3 is 14.8 Å². The molecular formula is C12H18N2O4. The smallest absolute Gasteiger partial charge is 0.328 e. The van der Waals surface area contributed by atoms with Crippen LogP contribution in [-0.2, 0) is 19.1 Å². The fourth-order valence-electron chi connectivity index (χ4n) is 1.81. The Morgan fingerprint density at radius 1 is 1.61 bits per heavy atom. The van der Waals surface area contributed by atoms with Crippen LogP contribution in [0.2, 0.25) is 0 Å². The molecule has 1 rings (SSSR count). The highest BCUT2D eigenvalue weighted by Gasteiger charge is 2.29. The number of esters is 1. The summed E-state index contributed by atoms with van der Waals surface area (Å²) in [6, 6.07) is 1.24. The summed E-state index contributed by atoms with van der Waals surface area (Å²) in [6.07, 6.45) is 1.25. The number of hydrogen-bond acceptors (Lipinski definition) is 5. The Bertz CT molecular complexity index is 344. The van der Waals surface area contributed by atoms with E-state index in [0.29, 0.717) is 13.0 Å². The average molecular weight is 254 g/mol. The highest BCUT2D eigenvalue weighted by Crippen LogP contribution is 2.13. The van der Waals surface area contributed by atoms with Crippen LogP contribution in [0.25, 0.3) is 0 Å². The molecule has 0 aliphatic carbocycles. The molecule has 6 heteroatoms. The third-order valence-electron chi connectivity index (χ3n) is 2.83. The van der Waals surface area contributed by atoms with Gasteiger partial charge in [-0.25, -0.2) is 4.79 Å². The fourth-order valence-corrected chi connectivity index (χ4v) is 1.81. The normalized spacial score (nSPS) is 21.7. The molecule has 0 aromatic carbocycles. The standard InChI is InChI=1S/C12H18N2O4/c1-8(7-13)6-9(12(16)17-2)14-11(15)10-4-3-5-18-10/h8-10H,3-6H2,1-2H3,(H,14,15)/t8-,9-,10-/m1/s1. The maximum atomic E-state index is 11.8. The van der Waals surface area contributed by atoms with E-state index < -0.39 is 18.1 Å². The summed E-state index contributed by atoms with van der Waals surface area (Å²) in [5.74, 6) is -1.18. The summed E-state index contributed by atoms with van der Waals surface area (Å²) in [5, 5.41) is 11.3. The lowest BCUT2D eigenvalue weighted by molar-refractivity contribution is -0.146. The molecule has 1 heterocycles. The molecule has 0 radical (unpaired) electrons. The summed E-state index contributed by atoms with van der Waals surface area (Å²) < 4.78 is 9.85. The van der Waals surface area contributed by atoms with Crippen molar-refractivity contribution >= 4 is 11.9 Å². The van der Waals surface area contributed by atoms with E-state index in [1.54, 1.807) is 6.92 Å². The molecule has 1 aliphatic rings. The molecule has 1 saturated heterocycles. The number of nitrogens with zero attached hydrogens (tertiary/aromatic N) is 1. The number of ether oxygens (including phenoxy) is 2. The zero-order chi connectivity index (χ0) is 13.5. The zero-order valence-corrected chi connectivity index (χ0v) is 10.6. The van der Waals surface area contributed by atoms with Crippen LogP contribution in [0.4, 0.5) is 0 Å². The van der Waals surface area contributed by atoms with Gasteiger partial charge >= 0.3 is 5.97 Å². The van der Waals surface area contributed by atoms with E-state index in [0.717, 1.165) is 6.42 Å². The Morgan fingerprint density at radius 2 is 2.33 bits per heavy atom. The number of amides is 1. The molecule has 1 amide bonds. The van der Waals surface area contributed by atoms with Gasteiger partial charge in [0.2, 0.25) is 5.91 Å². The van der Waals surface area contributed by atoms with E-state index >= 15 is 0 Å². The minimum Gasteiger partial charge on any atom is -0.467 e. The first-order valence-corrected chi connectivity index (χ1v) is 5.98. The molecule has 0 bridgehead atoms. The predicted molar refractivity (Wildman–Crippen MR) is 62.3 cm³/mol. The Hall–Kier alpha value is -1.61. The van der Waals surface area contributed by atoms with Crippen LogP contribution in [0, 0.1) is 17.2 Å². The van der Waals surface area contributed by atoms with Gasteiger partial charge in [-0.3, -0.25) is 4.79 Å². The maximum absolute atomic E-state index is 11.8. The molecule has 0 spiro atoms. The van der Waals surface area contributed by atoms with Crippen molar-refractivity contribution in [2.24, 2.45) is 5.92 Å². The Balaban J connectivity index is 2.57. The number of methoxy groups -OCH3 is 1. The van der Waals surface area contributed by atoms with Crippen molar-refractivity contribution in [1.29, 1.82) is 5.26 Å². The molecule has 3 atom stereocenters. The predicted octanol–water partition coefficient (Wildman–Crippen LogP) is 0.373. The fraction of sp³-hybridized carbons (Fsp3) is 0.750. The van der Waals surface area contributed by atoms with Crippen LogP contribution in [0.5, 0.6) is 0 Å². The Labute approximate surface area is 106 Å². The van der Waals surface area contributed by atoms with Gasteiger partial charge in [-0.2, -0.15) is 5.26 Å². The Morgan fingerprint density at radius 3 is 2.83 bits per heavy atom. The van der Waals surface area contributed by atoms with E-state index in [4.69, 9.17) is 10.00 Å². The van der Waals surface area contributed by atoms with Crippen molar-refractivity contribution < 1.29 is 19.1 Å². The van der Waals surface area contributed by atoms with Crippen LogP contribution in [0.1, 0.15) is 26.2 Å². The first-order valence-electron chi connectivity index (χ1n) is 5.98. The van der Waals surface area contributed by atoms with Gasteiger partial charge in [-0.15, -0.1) is 0 Å². The van der Waals surface area contributed by atoms with E-state index in [2.05, 4.69) is 10.1 Å².